The third kappa shape index (κ3) is 3.12. The zero-order valence-electron chi connectivity index (χ0n) is 12.8. The molecule has 0 aliphatic carbocycles. The first-order valence-electron chi connectivity index (χ1n) is 7.44. The summed E-state index contributed by atoms with van der Waals surface area (Å²) in [6, 6.07) is 6.47. The molecule has 8 nitrogen and oxygen atoms in total. The minimum absolute atomic E-state index is 0.0277. The van der Waals surface area contributed by atoms with Gasteiger partial charge < -0.3 is 20.0 Å². The van der Waals surface area contributed by atoms with E-state index in [0.717, 1.165) is 0 Å². The van der Waals surface area contributed by atoms with Crippen LogP contribution >= 0.6 is 0 Å². The molecule has 1 aromatic carbocycles. The topological polar surface area (TPSA) is 107 Å². The van der Waals surface area contributed by atoms with Gasteiger partial charge in [-0.1, -0.05) is 12.1 Å². The highest BCUT2D eigenvalue weighted by Crippen LogP contribution is 2.20. The van der Waals surface area contributed by atoms with Gasteiger partial charge in [0, 0.05) is 26.2 Å². The molecule has 1 aliphatic heterocycles. The Hall–Kier alpha value is -3.16. The fourth-order valence-electron chi connectivity index (χ4n) is 2.56. The molecule has 1 saturated heterocycles. The lowest BCUT2D eigenvalue weighted by Gasteiger charge is -2.35. The first kappa shape index (κ1) is 15.7. The average Bonchev–Trinajstić information content (AvgIpc) is 2.62. The number of carboxylic acids is 1. The van der Waals surface area contributed by atoms with Crippen LogP contribution in [0.1, 0.15) is 20.8 Å². The molecular weight excluding hydrogens is 312 g/mol. The molecule has 2 aromatic rings. The number of anilines is 1. The molecule has 3 rings (SSSR count). The van der Waals surface area contributed by atoms with E-state index in [2.05, 4.69) is 9.97 Å². The number of benzene rings is 1. The first-order valence-corrected chi connectivity index (χ1v) is 7.44. The van der Waals surface area contributed by atoms with Crippen LogP contribution in [0.4, 0.5) is 5.82 Å². The van der Waals surface area contributed by atoms with Crippen molar-refractivity contribution in [3.8, 4) is 5.75 Å². The molecule has 1 aliphatic rings. The van der Waals surface area contributed by atoms with E-state index in [4.69, 9.17) is 5.11 Å². The van der Waals surface area contributed by atoms with Crippen LogP contribution in [-0.4, -0.2) is 63.1 Å². The lowest BCUT2D eigenvalue weighted by atomic mass is 10.1. The largest absolute Gasteiger partial charge is 0.507 e. The lowest BCUT2D eigenvalue weighted by molar-refractivity contribution is 0.0688. The monoisotopic (exact) mass is 328 g/mol. The van der Waals surface area contributed by atoms with Gasteiger partial charge in [0.25, 0.3) is 5.91 Å². The molecule has 124 valence electrons. The smallest absolute Gasteiger partial charge is 0.356 e. The highest BCUT2D eigenvalue weighted by atomic mass is 16.4. The maximum atomic E-state index is 12.4. The first-order chi connectivity index (χ1) is 11.6. The van der Waals surface area contributed by atoms with E-state index in [9.17, 15) is 14.7 Å². The Kier molecular flexibility index (Phi) is 4.28. The normalized spacial score (nSPS) is 14.5. The van der Waals surface area contributed by atoms with E-state index in [-0.39, 0.29) is 22.9 Å². The summed E-state index contributed by atoms with van der Waals surface area (Å²) < 4.78 is 0. The summed E-state index contributed by atoms with van der Waals surface area (Å²) in [5.41, 5.74) is 0.184. The fraction of sp³-hybridized carbons (Fsp3) is 0.250. The van der Waals surface area contributed by atoms with Crippen LogP contribution in [0.5, 0.6) is 5.75 Å². The van der Waals surface area contributed by atoms with Gasteiger partial charge in [0.15, 0.2) is 5.69 Å². The molecule has 1 aromatic heterocycles. The predicted molar refractivity (Wildman–Crippen MR) is 85.2 cm³/mol. The van der Waals surface area contributed by atoms with Gasteiger partial charge in [-0.05, 0) is 12.1 Å². The van der Waals surface area contributed by atoms with Crippen LogP contribution in [0.3, 0.4) is 0 Å². The number of hydrogen-bond acceptors (Lipinski definition) is 6. The maximum Gasteiger partial charge on any atom is 0.356 e. The Morgan fingerprint density at radius 1 is 1.00 bits per heavy atom. The van der Waals surface area contributed by atoms with E-state index in [1.807, 2.05) is 4.90 Å². The second kappa shape index (κ2) is 6.53. The molecule has 2 N–H and O–H groups in total. The second-order valence-corrected chi connectivity index (χ2v) is 5.36. The minimum Gasteiger partial charge on any atom is -0.507 e. The number of para-hydroxylation sites is 1. The van der Waals surface area contributed by atoms with Gasteiger partial charge in [0.1, 0.15) is 11.6 Å². The van der Waals surface area contributed by atoms with E-state index in [0.29, 0.717) is 32.0 Å². The molecule has 1 amide bonds. The van der Waals surface area contributed by atoms with Gasteiger partial charge in [-0.2, -0.15) is 0 Å². The summed E-state index contributed by atoms with van der Waals surface area (Å²) in [5, 5.41) is 18.6. The number of nitrogens with zero attached hydrogens (tertiary/aromatic N) is 4. The number of phenols is 1. The van der Waals surface area contributed by atoms with E-state index in [1.165, 1.54) is 18.5 Å². The van der Waals surface area contributed by atoms with Crippen LogP contribution in [0.15, 0.2) is 36.7 Å². The number of carbonyl (C=O) groups is 2. The molecule has 2 heterocycles. The lowest BCUT2D eigenvalue weighted by Crippen LogP contribution is -2.49. The van der Waals surface area contributed by atoms with Gasteiger partial charge in [0.2, 0.25) is 0 Å². The SMILES string of the molecule is O=C(O)c1cnc(N2CCN(C(=O)c3ccccc3O)CC2)cn1. The zero-order valence-corrected chi connectivity index (χ0v) is 12.8. The number of piperazine rings is 1. The number of aromatic carboxylic acids is 1. The number of amides is 1. The number of phenolic OH excluding ortho intramolecular Hbond substituents is 1. The molecule has 8 heteroatoms. The highest BCUT2D eigenvalue weighted by Gasteiger charge is 2.24. The predicted octanol–water partition coefficient (Wildman–Crippen LogP) is 0.843. The zero-order chi connectivity index (χ0) is 17.1. The van der Waals surface area contributed by atoms with Crippen molar-refractivity contribution in [1.82, 2.24) is 14.9 Å². The van der Waals surface area contributed by atoms with Crippen LogP contribution < -0.4 is 4.90 Å². The van der Waals surface area contributed by atoms with Crippen LogP contribution in [0, 0.1) is 0 Å². The van der Waals surface area contributed by atoms with Crippen LogP contribution in [0.25, 0.3) is 0 Å². The molecule has 0 bridgehead atoms. The quantitative estimate of drug-likeness (QED) is 0.860. The Bertz CT molecular complexity index is 755. The van der Waals surface area contributed by atoms with Crippen molar-refractivity contribution in [3.05, 3.63) is 47.9 Å². The number of aromatic hydroxyl groups is 1. The van der Waals surface area contributed by atoms with Crippen molar-refractivity contribution < 1.29 is 19.8 Å². The summed E-state index contributed by atoms with van der Waals surface area (Å²) in [6.07, 6.45) is 2.64. The third-order valence-corrected chi connectivity index (χ3v) is 3.88. The van der Waals surface area contributed by atoms with Crippen molar-refractivity contribution in [2.24, 2.45) is 0 Å². The minimum atomic E-state index is -1.12. The van der Waals surface area contributed by atoms with Crippen molar-refractivity contribution in [2.75, 3.05) is 31.1 Å². The number of hydrogen-bond donors (Lipinski definition) is 2. The van der Waals surface area contributed by atoms with Gasteiger partial charge in [0.05, 0.1) is 18.0 Å². The maximum absolute atomic E-state index is 12.4. The van der Waals surface area contributed by atoms with Crippen LogP contribution in [0.2, 0.25) is 0 Å². The summed E-state index contributed by atoms with van der Waals surface area (Å²) in [7, 11) is 0. The number of aromatic nitrogens is 2. The van der Waals surface area contributed by atoms with Gasteiger partial charge in [-0.25, -0.2) is 14.8 Å². The van der Waals surface area contributed by atoms with Gasteiger partial charge in [-0.15, -0.1) is 0 Å². The molecule has 0 saturated carbocycles. The van der Waals surface area contributed by atoms with Crippen molar-refractivity contribution in [3.63, 3.8) is 0 Å². The summed E-state index contributed by atoms with van der Waals surface area (Å²) in [4.78, 5) is 34.8. The second-order valence-electron chi connectivity index (χ2n) is 5.36. The Balaban J connectivity index is 1.64. The van der Waals surface area contributed by atoms with Crippen molar-refractivity contribution in [1.29, 1.82) is 0 Å². The average molecular weight is 328 g/mol. The Morgan fingerprint density at radius 2 is 1.71 bits per heavy atom. The van der Waals surface area contributed by atoms with E-state index < -0.39 is 5.97 Å². The van der Waals surface area contributed by atoms with Crippen molar-refractivity contribution in [2.45, 2.75) is 0 Å². The number of carboxylic acid groups (broad SMARTS) is 1. The summed E-state index contributed by atoms with van der Waals surface area (Å²) in [5.74, 6) is -0.776. The Morgan fingerprint density at radius 3 is 2.29 bits per heavy atom. The van der Waals surface area contributed by atoms with Gasteiger partial charge in [-0.3, -0.25) is 4.79 Å². The van der Waals surface area contributed by atoms with E-state index >= 15 is 0 Å². The number of carbonyl (C=O) groups excluding carboxylic acids is 1. The highest BCUT2D eigenvalue weighted by molar-refractivity contribution is 5.96. The van der Waals surface area contributed by atoms with E-state index in [1.54, 1.807) is 23.1 Å². The molecular formula is C16H16N4O4. The standard InChI is InChI=1S/C16H16N4O4/c21-13-4-2-1-3-11(13)15(22)20-7-5-19(6-8-20)14-10-17-12(9-18-14)16(23)24/h1-4,9-10,21H,5-8H2,(H,23,24). The van der Waals surface area contributed by atoms with Crippen molar-refractivity contribution >= 4 is 17.7 Å². The summed E-state index contributed by atoms with van der Waals surface area (Å²) >= 11 is 0. The van der Waals surface area contributed by atoms with Gasteiger partial charge >= 0.3 is 5.97 Å². The Labute approximate surface area is 138 Å². The van der Waals surface area contributed by atoms with Crippen LogP contribution in [-0.2, 0) is 0 Å². The fourth-order valence-corrected chi connectivity index (χ4v) is 2.56. The molecule has 1 fully saturated rings. The molecule has 0 radical (unpaired) electrons. The summed E-state index contributed by atoms with van der Waals surface area (Å²) in [6.45, 7) is 2.08. The number of rotatable bonds is 3. The third-order valence-electron chi connectivity index (χ3n) is 3.88. The molecule has 0 spiro atoms. The molecule has 0 unspecified atom stereocenters. The molecule has 24 heavy (non-hydrogen) atoms. The molecule has 0 atom stereocenters.